The first-order chi connectivity index (χ1) is 15.3. The van der Waals surface area contributed by atoms with E-state index in [0.717, 1.165) is 58.0 Å². The Hall–Kier alpha value is -0.980. The van der Waals surface area contributed by atoms with E-state index in [4.69, 9.17) is 4.74 Å². The van der Waals surface area contributed by atoms with E-state index < -0.39 is 0 Å². The van der Waals surface area contributed by atoms with Crippen molar-refractivity contribution in [3.8, 4) is 0 Å². The summed E-state index contributed by atoms with van der Waals surface area (Å²) in [5.41, 5.74) is 1.48. The standard InChI is InChI=1S/C26H44N4O/c1-31-21-20-28-16-18-30(19-17-28)26(23-8-4-2-5-9-23)22-29-14-12-25(13-15-29)27-24-10-6-3-7-11-24/h2,4-5,8-9,24-27H,3,6-7,10-22H2,1H3. The highest BCUT2D eigenvalue weighted by atomic mass is 16.5. The van der Waals surface area contributed by atoms with Crippen molar-refractivity contribution >= 4 is 0 Å². The lowest BCUT2D eigenvalue weighted by molar-refractivity contribution is 0.0547. The number of ether oxygens (including phenoxy) is 1. The van der Waals surface area contributed by atoms with Crippen LogP contribution in [0.25, 0.3) is 0 Å². The highest BCUT2D eigenvalue weighted by molar-refractivity contribution is 5.20. The topological polar surface area (TPSA) is 31.0 Å². The van der Waals surface area contributed by atoms with Gasteiger partial charge in [0.25, 0.3) is 0 Å². The first-order valence-electron chi connectivity index (χ1n) is 12.8. The van der Waals surface area contributed by atoms with Crippen molar-refractivity contribution < 1.29 is 4.74 Å². The molecule has 1 aromatic carbocycles. The van der Waals surface area contributed by atoms with Gasteiger partial charge in [-0.15, -0.1) is 0 Å². The normalized spacial score (nSPS) is 24.4. The largest absolute Gasteiger partial charge is 0.383 e. The molecule has 1 aliphatic carbocycles. The van der Waals surface area contributed by atoms with E-state index in [1.807, 2.05) is 0 Å². The third kappa shape index (κ3) is 7.00. The van der Waals surface area contributed by atoms with Gasteiger partial charge < -0.3 is 15.0 Å². The van der Waals surface area contributed by atoms with Gasteiger partial charge >= 0.3 is 0 Å². The lowest BCUT2D eigenvalue weighted by Crippen LogP contribution is -2.52. The number of piperidine rings is 1. The molecule has 2 aliphatic heterocycles. The summed E-state index contributed by atoms with van der Waals surface area (Å²) in [7, 11) is 1.80. The SMILES string of the molecule is COCCN1CCN(C(CN2CCC(NC3CCCCC3)CC2)c2ccccc2)CC1. The Morgan fingerprint density at radius 1 is 0.839 bits per heavy atom. The van der Waals surface area contributed by atoms with E-state index in [2.05, 4.69) is 50.3 Å². The van der Waals surface area contributed by atoms with E-state index in [1.54, 1.807) is 7.11 Å². The first-order valence-corrected chi connectivity index (χ1v) is 12.8. The van der Waals surface area contributed by atoms with Crippen molar-refractivity contribution in [3.63, 3.8) is 0 Å². The molecule has 1 aromatic rings. The number of piperazine rings is 1. The molecule has 0 amide bonds. The van der Waals surface area contributed by atoms with E-state index >= 15 is 0 Å². The number of nitrogens with one attached hydrogen (secondary N) is 1. The molecule has 5 heteroatoms. The monoisotopic (exact) mass is 428 g/mol. The molecule has 3 aliphatic rings. The van der Waals surface area contributed by atoms with Crippen LogP contribution in [0.15, 0.2) is 30.3 Å². The summed E-state index contributed by atoms with van der Waals surface area (Å²) in [5, 5.41) is 4.00. The van der Waals surface area contributed by atoms with E-state index in [1.165, 1.54) is 63.6 Å². The van der Waals surface area contributed by atoms with Gasteiger partial charge in [0.15, 0.2) is 0 Å². The maximum absolute atomic E-state index is 5.28. The molecule has 5 nitrogen and oxygen atoms in total. The van der Waals surface area contributed by atoms with Gasteiger partial charge in [0.05, 0.1) is 6.61 Å². The molecule has 1 unspecified atom stereocenters. The second-order valence-electron chi connectivity index (χ2n) is 9.87. The van der Waals surface area contributed by atoms with Crippen LogP contribution in [-0.4, -0.2) is 92.9 Å². The van der Waals surface area contributed by atoms with Gasteiger partial charge in [0.1, 0.15) is 0 Å². The van der Waals surface area contributed by atoms with Gasteiger partial charge in [-0.3, -0.25) is 9.80 Å². The summed E-state index contributed by atoms with van der Waals surface area (Å²) in [4.78, 5) is 8.00. The number of likely N-dealkylation sites (tertiary alicyclic amines) is 1. The first kappa shape index (κ1) is 23.2. The number of methoxy groups -OCH3 is 1. The molecule has 1 saturated carbocycles. The highest BCUT2D eigenvalue weighted by Crippen LogP contribution is 2.26. The van der Waals surface area contributed by atoms with Crippen molar-refractivity contribution in [3.05, 3.63) is 35.9 Å². The Kier molecular flexibility index (Phi) is 9.21. The van der Waals surface area contributed by atoms with Crippen molar-refractivity contribution in [1.82, 2.24) is 20.0 Å². The summed E-state index contributed by atoms with van der Waals surface area (Å²) in [5.74, 6) is 0. The van der Waals surface area contributed by atoms with Crippen LogP contribution in [0, 0.1) is 0 Å². The van der Waals surface area contributed by atoms with Crippen molar-refractivity contribution in [2.45, 2.75) is 63.1 Å². The maximum Gasteiger partial charge on any atom is 0.0589 e. The smallest absolute Gasteiger partial charge is 0.0589 e. The van der Waals surface area contributed by atoms with E-state index in [0.29, 0.717) is 6.04 Å². The molecule has 0 bridgehead atoms. The number of benzene rings is 1. The zero-order valence-corrected chi connectivity index (χ0v) is 19.7. The van der Waals surface area contributed by atoms with Gasteiger partial charge in [-0.25, -0.2) is 0 Å². The summed E-state index contributed by atoms with van der Waals surface area (Å²) < 4.78 is 5.28. The Morgan fingerprint density at radius 3 is 2.19 bits per heavy atom. The fourth-order valence-corrected chi connectivity index (χ4v) is 5.76. The van der Waals surface area contributed by atoms with Crippen LogP contribution >= 0.6 is 0 Å². The van der Waals surface area contributed by atoms with Crippen LogP contribution in [0.2, 0.25) is 0 Å². The number of hydrogen-bond donors (Lipinski definition) is 1. The molecule has 174 valence electrons. The van der Waals surface area contributed by atoms with Gasteiger partial charge in [0.2, 0.25) is 0 Å². The summed E-state index contributed by atoms with van der Waals surface area (Å²) >= 11 is 0. The summed E-state index contributed by atoms with van der Waals surface area (Å²) in [6.45, 7) is 10.2. The van der Waals surface area contributed by atoms with Crippen LogP contribution in [0.5, 0.6) is 0 Å². The lowest BCUT2D eigenvalue weighted by atomic mass is 9.93. The van der Waals surface area contributed by atoms with Crippen molar-refractivity contribution in [1.29, 1.82) is 0 Å². The number of rotatable bonds is 9. The molecule has 0 radical (unpaired) electrons. The molecule has 2 heterocycles. The van der Waals surface area contributed by atoms with Gasteiger partial charge in [-0.05, 0) is 44.3 Å². The predicted octanol–water partition coefficient (Wildman–Crippen LogP) is 3.38. The maximum atomic E-state index is 5.28. The molecule has 0 spiro atoms. The fourth-order valence-electron chi connectivity index (χ4n) is 5.76. The van der Waals surface area contributed by atoms with Crippen LogP contribution < -0.4 is 5.32 Å². The second-order valence-corrected chi connectivity index (χ2v) is 9.87. The van der Waals surface area contributed by atoms with Crippen molar-refractivity contribution in [2.75, 3.05) is 66.1 Å². The van der Waals surface area contributed by atoms with Crippen LogP contribution in [0.3, 0.4) is 0 Å². The molecule has 0 aromatic heterocycles. The van der Waals surface area contributed by atoms with Crippen LogP contribution in [0.4, 0.5) is 0 Å². The van der Waals surface area contributed by atoms with Crippen molar-refractivity contribution in [2.24, 2.45) is 0 Å². The summed E-state index contributed by atoms with van der Waals surface area (Å²) in [6, 6.07) is 13.3. The minimum atomic E-state index is 0.508. The summed E-state index contributed by atoms with van der Waals surface area (Å²) in [6.07, 6.45) is 9.70. The molecule has 2 saturated heterocycles. The molecule has 1 N–H and O–H groups in total. The molecule has 1 atom stereocenters. The third-order valence-corrected chi connectivity index (χ3v) is 7.74. The van der Waals surface area contributed by atoms with Gasteiger partial charge in [-0.2, -0.15) is 0 Å². The Balaban J connectivity index is 1.29. The van der Waals surface area contributed by atoms with Crippen LogP contribution in [-0.2, 0) is 4.74 Å². The molecule has 3 fully saturated rings. The quantitative estimate of drug-likeness (QED) is 0.652. The minimum Gasteiger partial charge on any atom is -0.383 e. The zero-order chi connectivity index (χ0) is 21.3. The highest BCUT2D eigenvalue weighted by Gasteiger charge is 2.29. The number of nitrogens with zero attached hydrogens (tertiary/aromatic N) is 3. The Morgan fingerprint density at radius 2 is 1.52 bits per heavy atom. The molecular weight excluding hydrogens is 384 g/mol. The third-order valence-electron chi connectivity index (χ3n) is 7.74. The Bertz CT molecular complexity index is 605. The number of hydrogen-bond acceptors (Lipinski definition) is 5. The Labute approximate surface area is 190 Å². The molecule has 4 rings (SSSR count). The van der Waals surface area contributed by atoms with Crippen LogP contribution in [0.1, 0.15) is 56.6 Å². The van der Waals surface area contributed by atoms with E-state index in [-0.39, 0.29) is 0 Å². The fraction of sp³-hybridized carbons (Fsp3) is 0.769. The average molecular weight is 429 g/mol. The van der Waals surface area contributed by atoms with Gasteiger partial charge in [0, 0.05) is 64.5 Å². The van der Waals surface area contributed by atoms with Gasteiger partial charge in [-0.1, -0.05) is 49.6 Å². The predicted molar refractivity (Wildman–Crippen MR) is 129 cm³/mol. The zero-order valence-electron chi connectivity index (χ0n) is 19.7. The minimum absolute atomic E-state index is 0.508. The average Bonchev–Trinajstić information content (AvgIpc) is 2.84. The molecular formula is C26H44N4O. The second kappa shape index (κ2) is 12.3. The molecule has 31 heavy (non-hydrogen) atoms. The lowest BCUT2D eigenvalue weighted by Gasteiger charge is -2.43. The van der Waals surface area contributed by atoms with E-state index in [9.17, 15) is 0 Å².